The van der Waals surface area contributed by atoms with Crippen molar-refractivity contribution in [2.24, 2.45) is 0 Å². The maximum atomic E-state index is 6.34. The van der Waals surface area contributed by atoms with Gasteiger partial charge in [0.1, 0.15) is 0 Å². The third-order valence-corrected chi connectivity index (χ3v) is 3.93. The third-order valence-electron chi connectivity index (χ3n) is 3.34. The average molecular weight is 288 g/mol. The highest BCUT2D eigenvalue weighted by Gasteiger charge is 2.21. The van der Waals surface area contributed by atoms with Crippen LogP contribution in [0.2, 0.25) is 5.02 Å². The van der Waals surface area contributed by atoms with Gasteiger partial charge in [0.05, 0.1) is 16.8 Å². The van der Waals surface area contributed by atoms with Gasteiger partial charge in [-0.3, -0.25) is 0 Å². The molecule has 1 saturated heterocycles. The van der Waals surface area contributed by atoms with E-state index in [1.807, 2.05) is 18.2 Å². The van der Waals surface area contributed by atoms with E-state index in [2.05, 4.69) is 11.8 Å². The molecule has 1 unspecified atom stereocenters. The Morgan fingerprint density at radius 2 is 2.28 bits per heavy atom. The summed E-state index contributed by atoms with van der Waals surface area (Å²) in [6.07, 6.45) is 2.34. The molecule has 1 aromatic rings. The number of anilines is 1. The van der Waals surface area contributed by atoms with Gasteiger partial charge in [-0.05, 0) is 24.5 Å². The van der Waals surface area contributed by atoms with Crippen LogP contribution in [0, 0.1) is 0 Å². The zero-order valence-electron chi connectivity index (χ0n) is 10.7. The summed E-state index contributed by atoms with van der Waals surface area (Å²) in [5, 5.41) is 0.782. The van der Waals surface area contributed by atoms with Crippen molar-refractivity contribution in [1.82, 2.24) is 0 Å². The number of nitrogens with zero attached hydrogens (tertiary/aromatic N) is 1. The number of benzene rings is 1. The number of para-hydroxylation sites is 1. The zero-order chi connectivity index (χ0) is 13.0. The Morgan fingerprint density at radius 1 is 1.44 bits per heavy atom. The molecule has 0 bridgehead atoms. The van der Waals surface area contributed by atoms with Crippen LogP contribution in [0.25, 0.3) is 0 Å². The van der Waals surface area contributed by atoms with E-state index in [1.54, 1.807) is 0 Å². The summed E-state index contributed by atoms with van der Waals surface area (Å²) in [7, 11) is 0. The van der Waals surface area contributed by atoms with E-state index in [4.69, 9.17) is 27.9 Å². The molecule has 0 saturated carbocycles. The SMILES string of the molecule is CCC1CN(c2c(Cl)cccc2CCl)CCCO1. The summed E-state index contributed by atoms with van der Waals surface area (Å²) in [5.41, 5.74) is 2.18. The van der Waals surface area contributed by atoms with Gasteiger partial charge in [0.2, 0.25) is 0 Å². The predicted octanol–water partition coefficient (Wildman–Crippen LogP) is 4.08. The monoisotopic (exact) mass is 287 g/mol. The van der Waals surface area contributed by atoms with Crippen molar-refractivity contribution < 1.29 is 4.74 Å². The van der Waals surface area contributed by atoms with Gasteiger partial charge >= 0.3 is 0 Å². The Bertz CT molecular complexity index is 397. The minimum Gasteiger partial charge on any atom is -0.376 e. The van der Waals surface area contributed by atoms with E-state index >= 15 is 0 Å². The Morgan fingerprint density at radius 3 is 3.00 bits per heavy atom. The van der Waals surface area contributed by atoms with Gasteiger partial charge in [-0.25, -0.2) is 0 Å². The lowest BCUT2D eigenvalue weighted by atomic mass is 10.1. The molecule has 0 radical (unpaired) electrons. The summed E-state index contributed by atoms with van der Waals surface area (Å²) < 4.78 is 5.80. The molecule has 4 heteroatoms. The summed E-state index contributed by atoms with van der Waals surface area (Å²) >= 11 is 12.4. The minimum atomic E-state index is 0.284. The lowest BCUT2D eigenvalue weighted by Crippen LogP contribution is -2.32. The lowest BCUT2D eigenvalue weighted by Gasteiger charge is -2.28. The molecule has 18 heavy (non-hydrogen) atoms. The standard InChI is InChI=1S/C14H19Cl2NO/c1-2-12-10-17(7-4-8-18-12)14-11(9-15)5-3-6-13(14)16/h3,5-6,12H,2,4,7-10H2,1H3. The van der Waals surface area contributed by atoms with Crippen molar-refractivity contribution in [2.75, 3.05) is 24.6 Å². The van der Waals surface area contributed by atoms with E-state index in [1.165, 1.54) is 0 Å². The van der Waals surface area contributed by atoms with E-state index in [9.17, 15) is 0 Å². The fourth-order valence-electron chi connectivity index (χ4n) is 2.37. The molecule has 1 aliphatic heterocycles. The topological polar surface area (TPSA) is 12.5 Å². The van der Waals surface area contributed by atoms with Gasteiger partial charge < -0.3 is 9.64 Å². The van der Waals surface area contributed by atoms with Gasteiger partial charge in [-0.1, -0.05) is 30.7 Å². The Balaban J connectivity index is 2.28. The van der Waals surface area contributed by atoms with Crippen LogP contribution in [0.3, 0.4) is 0 Å². The van der Waals surface area contributed by atoms with Crippen molar-refractivity contribution >= 4 is 28.9 Å². The number of alkyl halides is 1. The first-order chi connectivity index (χ1) is 8.76. The predicted molar refractivity (Wildman–Crippen MR) is 77.9 cm³/mol. The highest BCUT2D eigenvalue weighted by atomic mass is 35.5. The average Bonchev–Trinajstić information content (AvgIpc) is 2.63. The molecule has 0 N–H and O–H groups in total. The third kappa shape index (κ3) is 3.11. The molecule has 2 rings (SSSR count). The second-order valence-corrected chi connectivity index (χ2v) is 5.26. The molecule has 0 amide bonds. The fraction of sp³-hybridized carbons (Fsp3) is 0.571. The molecule has 1 atom stereocenters. The second kappa shape index (κ2) is 6.65. The van der Waals surface area contributed by atoms with E-state index < -0.39 is 0 Å². The molecule has 1 heterocycles. The van der Waals surface area contributed by atoms with E-state index in [0.29, 0.717) is 5.88 Å². The number of ether oxygens (including phenoxy) is 1. The summed E-state index contributed by atoms with van der Waals surface area (Å²) in [5.74, 6) is 0.490. The van der Waals surface area contributed by atoms with Crippen LogP contribution in [0.5, 0.6) is 0 Å². The molecule has 1 aliphatic rings. The van der Waals surface area contributed by atoms with Crippen molar-refractivity contribution in [2.45, 2.75) is 31.7 Å². The van der Waals surface area contributed by atoms with Crippen LogP contribution in [-0.4, -0.2) is 25.8 Å². The number of rotatable bonds is 3. The van der Waals surface area contributed by atoms with Crippen LogP contribution in [-0.2, 0) is 10.6 Å². The van der Waals surface area contributed by atoms with Crippen molar-refractivity contribution in [3.63, 3.8) is 0 Å². The summed E-state index contributed by atoms with van der Waals surface area (Å²) in [6, 6.07) is 5.93. The largest absolute Gasteiger partial charge is 0.376 e. The first kappa shape index (κ1) is 14.0. The molecular weight excluding hydrogens is 269 g/mol. The molecule has 1 aromatic carbocycles. The number of hydrogen-bond acceptors (Lipinski definition) is 2. The highest BCUT2D eigenvalue weighted by molar-refractivity contribution is 6.33. The van der Waals surface area contributed by atoms with Gasteiger partial charge in [0.25, 0.3) is 0 Å². The van der Waals surface area contributed by atoms with Crippen LogP contribution >= 0.6 is 23.2 Å². The van der Waals surface area contributed by atoms with Crippen LogP contribution in [0.15, 0.2) is 18.2 Å². The van der Waals surface area contributed by atoms with Crippen LogP contribution < -0.4 is 4.90 Å². The quantitative estimate of drug-likeness (QED) is 0.777. The van der Waals surface area contributed by atoms with Gasteiger partial charge in [-0.15, -0.1) is 11.6 Å². The summed E-state index contributed by atoms with van der Waals surface area (Å²) in [6.45, 7) is 4.85. The second-order valence-electron chi connectivity index (χ2n) is 4.58. The lowest BCUT2D eigenvalue weighted by molar-refractivity contribution is 0.0664. The highest BCUT2D eigenvalue weighted by Crippen LogP contribution is 2.32. The summed E-state index contributed by atoms with van der Waals surface area (Å²) in [4.78, 5) is 2.32. The normalized spacial score (nSPS) is 20.8. The number of halogens is 2. The van der Waals surface area contributed by atoms with Gasteiger partial charge in [0, 0.05) is 25.6 Å². The molecule has 2 nitrogen and oxygen atoms in total. The van der Waals surface area contributed by atoms with E-state index in [0.717, 1.165) is 48.8 Å². The van der Waals surface area contributed by atoms with Gasteiger partial charge in [0.15, 0.2) is 0 Å². The molecular formula is C14H19Cl2NO. The molecule has 100 valence electrons. The molecule has 0 spiro atoms. The zero-order valence-corrected chi connectivity index (χ0v) is 12.2. The number of hydrogen-bond donors (Lipinski definition) is 0. The molecule has 0 aromatic heterocycles. The van der Waals surface area contributed by atoms with Crippen molar-refractivity contribution in [3.8, 4) is 0 Å². The Kier molecular flexibility index (Phi) is 5.16. The van der Waals surface area contributed by atoms with Crippen LogP contribution in [0.4, 0.5) is 5.69 Å². The van der Waals surface area contributed by atoms with Crippen molar-refractivity contribution in [3.05, 3.63) is 28.8 Å². The fourth-order valence-corrected chi connectivity index (χ4v) is 2.90. The van der Waals surface area contributed by atoms with E-state index in [-0.39, 0.29) is 6.10 Å². The first-order valence-electron chi connectivity index (χ1n) is 6.46. The maximum absolute atomic E-state index is 6.34. The van der Waals surface area contributed by atoms with Gasteiger partial charge in [-0.2, -0.15) is 0 Å². The van der Waals surface area contributed by atoms with Crippen molar-refractivity contribution in [1.29, 1.82) is 0 Å². The minimum absolute atomic E-state index is 0.284. The van der Waals surface area contributed by atoms with Crippen LogP contribution in [0.1, 0.15) is 25.3 Å². The maximum Gasteiger partial charge on any atom is 0.0747 e. The molecule has 1 fully saturated rings. The molecule has 0 aliphatic carbocycles. The Hall–Kier alpha value is -0.440. The smallest absolute Gasteiger partial charge is 0.0747 e. The first-order valence-corrected chi connectivity index (χ1v) is 7.37. The Labute approximate surface area is 119 Å².